The Labute approximate surface area is 106 Å². The third-order valence-electron chi connectivity index (χ3n) is 2.54. The standard InChI is InChI=1S/C13H16ClNO2/c1-10(9-16)15(2)13(17)7-6-11-4-3-5-12(14)8-11/h3-8,10,16H,9H2,1-2H3/b7-6+. The molecule has 1 N–H and O–H groups in total. The molecule has 1 amide bonds. The van der Waals surface area contributed by atoms with E-state index in [0.29, 0.717) is 5.02 Å². The molecule has 0 heterocycles. The number of benzene rings is 1. The maximum atomic E-state index is 11.7. The van der Waals surface area contributed by atoms with Crippen LogP contribution in [0.3, 0.4) is 0 Å². The van der Waals surface area contributed by atoms with Gasteiger partial charge in [0.1, 0.15) is 0 Å². The summed E-state index contributed by atoms with van der Waals surface area (Å²) >= 11 is 5.83. The number of hydrogen-bond acceptors (Lipinski definition) is 2. The van der Waals surface area contributed by atoms with Crippen LogP contribution in [-0.4, -0.2) is 35.6 Å². The first-order chi connectivity index (χ1) is 8.04. The summed E-state index contributed by atoms with van der Waals surface area (Å²) in [6.07, 6.45) is 3.17. The van der Waals surface area contributed by atoms with Gasteiger partial charge in [0, 0.05) is 18.1 Å². The van der Waals surface area contributed by atoms with E-state index < -0.39 is 0 Å². The first-order valence-corrected chi connectivity index (χ1v) is 5.73. The number of aliphatic hydroxyl groups excluding tert-OH is 1. The highest BCUT2D eigenvalue weighted by molar-refractivity contribution is 6.30. The Balaban J connectivity index is 2.68. The Morgan fingerprint density at radius 3 is 2.88 bits per heavy atom. The van der Waals surface area contributed by atoms with Gasteiger partial charge in [-0.15, -0.1) is 0 Å². The maximum Gasteiger partial charge on any atom is 0.246 e. The average Bonchev–Trinajstić information content (AvgIpc) is 2.34. The molecule has 0 saturated carbocycles. The van der Waals surface area contributed by atoms with E-state index in [1.807, 2.05) is 12.1 Å². The maximum absolute atomic E-state index is 11.7. The molecule has 0 aliphatic rings. The SMILES string of the molecule is CC(CO)N(C)C(=O)/C=C/c1cccc(Cl)c1. The Morgan fingerprint density at radius 2 is 2.29 bits per heavy atom. The molecule has 1 rings (SSSR count). The minimum absolute atomic E-state index is 0.0484. The summed E-state index contributed by atoms with van der Waals surface area (Å²) in [6, 6.07) is 7.06. The first-order valence-electron chi connectivity index (χ1n) is 5.36. The first kappa shape index (κ1) is 13.7. The van der Waals surface area contributed by atoms with Gasteiger partial charge in [-0.05, 0) is 30.7 Å². The van der Waals surface area contributed by atoms with Gasteiger partial charge in [0.25, 0.3) is 0 Å². The number of nitrogens with zero attached hydrogens (tertiary/aromatic N) is 1. The number of carbonyl (C=O) groups excluding carboxylic acids is 1. The van der Waals surface area contributed by atoms with Crippen molar-refractivity contribution in [1.29, 1.82) is 0 Å². The summed E-state index contributed by atoms with van der Waals surface area (Å²) in [6.45, 7) is 1.73. The Hall–Kier alpha value is -1.32. The predicted molar refractivity (Wildman–Crippen MR) is 69.8 cm³/mol. The van der Waals surface area contributed by atoms with Gasteiger partial charge in [-0.2, -0.15) is 0 Å². The smallest absolute Gasteiger partial charge is 0.246 e. The third-order valence-corrected chi connectivity index (χ3v) is 2.78. The van der Waals surface area contributed by atoms with Gasteiger partial charge >= 0.3 is 0 Å². The second kappa shape index (κ2) is 6.42. The quantitative estimate of drug-likeness (QED) is 0.836. The van der Waals surface area contributed by atoms with Crippen LogP contribution in [0.5, 0.6) is 0 Å². The lowest BCUT2D eigenvalue weighted by Gasteiger charge is -2.21. The monoisotopic (exact) mass is 253 g/mol. The van der Waals surface area contributed by atoms with E-state index in [1.165, 1.54) is 11.0 Å². The van der Waals surface area contributed by atoms with Crippen LogP contribution in [0.4, 0.5) is 0 Å². The molecule has 0 spiro atoms. The lowest BCUT2D eigenvalue weighted by atomic mass is 10.2. The number of amides is 1. The van der Waals surface area contributed by atoms with Crippen molar-refractivity contribution in [1.82, 2.24) is 4.90 Å². The summed E-state index contributed by atoms with van der Waals surface area (Å²) in [4.78, 5) is 13.2. The zero-order chi connectivity index (χ0) is 12.8. The molecule has 1 aromatic carbocycles. The fourth-order valence-electron chi connectivity index (χ4n) is 1.24. The molecule has 92 valence electrons. The highest BCUT2D eigenvalue weighted by atomic mass is 35.5. The van der Waals surface area contributed by atoms with E-state index in [-0.39, 0.29) is 18.6 Å². The summed E-state index contributed by atoms with van der Waals surface area (Å²) in [7, 11) is 1.66. The van der Waals surface area contributed by atoms with E-state index in [0.717, 1.165) is 5.56 Å². The number of hydrogen-bond donors (Lipinski definition) is 1. The summed E-state index contributed by atoms with van der Waals surface area (Å²) in [5.41, 5.74) is 0.871. The normalized spacial score (nSPS) is 12.7. The van der Waals surface area contributed by atoms with Crippen LogP contribution in [0.25, 0.3) is 6.08 Å². The number of carbonyl (C=O) groups is 1. The van der Waals surface area contributed by atoms with Crippen molar-refractivity contribution < 1.29 is 9.90 Å². The summed E-state index contributed by atoms with van der Waals surface area (Å²) in [5, 5.41) is 9.58. The van der Waals surface area contributed by atoms with Gasteiger partial charge in [0.2, 0.25) is 5.91 Å². The van der Waals surface area contributed by atoms with Gasteiger partial charge < -0.3 is 10.0 Å². The van der Waals surface area contributed by atoms with Crippen molar-refractivity contribution in [2.45, 2.75) is 13.0 Å². The van der Waals surface area contributed by atoms with E-state index in [9.17, 15) is 4.79 Å². The van der Waals surface area contributed by atoms with E-state index in [2.05, 4.69) is 0 Å². The molecule has 1 atom stereocenters. The lowest BCUT2D eigenvalue weighted by molar-refractivity contribution is -0.127. The molecule has 1 aromatic rings. The van der Waals surface area contributed by atoms with Crippen molar-refractivity contribution in [2.24, 2.45) is 0 Å². The Bertz CT molecular complexity index is 418. The van der Waals surface area contributed by atoms with Gasteiger partial charge in [-0.1, -0.05) is 23.7 Å². The molecular weight excluding hydrogens is 238 g/mol. The van der Waals surface area contributed by atoms with Crippen LogP contribution in [0, 0.1) is 0 Å². The lowest BCUT2D eigenvalue weighted by Crippen LogP contribution is -2.36. The van der Waals surface area contributed by atoms with Crippen LogP contribution >= 0.6 is 11.6 Å². The van der Waals surface area contributed by atoms with Crippen LogP contribution in [-0.2, 0) is 4.79 Å². The Kier molecular flexibility index (Phi) is 5.19. The predicted octanol–water partition coefficient (Wildman–Crippen LogP) is 2.19. The van der Waals surface area contributed by atoms with Crippen molar-refractivity contribution in [3.05, 3.63) is 40.9 Å². The minimum atomic E-state index is -0.188. The molecule has 17 heavy (non-hydrogen) atoms. The van der Waals surface area contributed by atoms with Crippen LogP contribution in [0.1, 0.15) is 12.5 Å². The topological polar surface area (TPSA) is 40.5 Å². The van der Waals surface area contributed by atoms with E-state index >= 15 is 0 Å². The highest BCUT2D eigenvalue weighted by Gasteiger charge is 2.11. The molecule has 1 unspecified atom stereocenters. The van der Waals surface area contributed by atoms with Crippen molar-refractivity contribution in [3.8, 4) is 0 Å². The zero-order valence-corrected chi connectivity index (χ0v) is 10.7. The largest absolute Gasteiger partial charge is 0.394 e. The molecule has 0 radical (unpaired) electrons. The average molecular weight is 254 g/mol. The van der Waals surface area contributed by atoms with Gasteiger partial charge in [-0.25, -0.2) is 0 Å². The van der Waals surface area contributed by atoms with Gasteiger partial charge in [-0.3, -0.25) is 4.79 Å². The molecule has 0 saturated heterocycles. The van der Waals surface area contributed by atoms with Crippen LogP contribution in [0.2, 0.25) is 5.02 Å². The van der Waals surface area contributed by atoms with Crippen molar-refractivity contribution in [3.63, 3.8) is 0 Å². The number of aliphatic hydroxyl groups is 1. The molecule has 3 nitrogen and oxygen atoms in total. The molecule has 4 heteroatoms. The van der Waals surface area contributed by atoms with Gasteiger partial charge in [0.15, 0.2) is 0 Å². The molecule has 0 aromatic heterocycles. The molecule has 0 aliphatic carbocycles. The highest BCUT2D eigenvalue weighted by Crippen LogP contribution is 2.12. The molecular formula is C13H16ClNO2. The summed E-state index contributed by atoms with van der Waals surface area (Å²) < 4.78 is 0. The van der Waals surface area contributed by atoms with Crippen molar-refractivity contribution in [2.75, 3.05) is 13.7 Å². The third kappa shape index (κ3) is 4.21. The van der Waals surface area contributed by atoms with E-state index in [4.69, 9.17) is 16.7 Å². The van der Waals surface area contributed by atoms with Crippen molar-refractivity contribution >= 4 is 23.6 Å². The number of likely N-dealkylation sites (N-methyl/N-ethyl adjacent to an activating group) is 1. The molecule has 0 fully saturated rings. The van der Waals surface area contributed by atoms with Gasteiger partial charge in [0.05, 0.1) is 12.6 Å². The second-order valence-electron chi connectivity index (χ2n) is 3.87. The fourth-order valence-corrected chi connectivity index (χ4v) is 1.43. The van der Waals surface area contributed by atoms with Crippen LogP contribution < -0.4 is 0 Å². The second-order valence-corrected chi connectivity index (χ2v) is 4.31. The minimum Gasteiger partial charge on any atom is -0.394 e. The Morgan fingerprint density at radius 1 is 1.59 bits per heavy atom. The number of rotatable bonds is 4. The van der Waals surface area contributed by atoms with E-state index in [1.54, 1.807) is 32.2 Å². The summed E-state index contributed by atoms with van der Waals surface area (Å²) in [5.74, 6) is -0.147. The fraction of sp³-hybridized carbons (Fsp3) is 0.308. The number of halogens is 1. The molecule has 0 bridgehead atoms. The van der Waals surface area contributed by atoms with Crippen LogP contribution in [0.15, 0.2) is 30.3 Å². The zero-order valence-electron chi connectivity index (χ0n) is 9.93. The molecule has 0 aliphatic heterocycles.